The highest BCUT2D eigenvalue weighted by atomic mass is 35.5. The van der Waals surface area contributed by atoms with E-state index in [4.69, 9.17) is 17.3 Å². The second-order valence-corrected chi connectivity index (χ2v) is 6.10. The number of nitrogens with two attached hydrogens (primary N) is 1. The molecule has 0 spiro atoms. The van der Waals surface area contributed by atoms with E-state index in [9.17, 15) is 0 Å². The zero-order valence-electron chi connectivity index (χ0n) is 6.10. The van der Waals surface area contributed by atoms with E-state index in [1.54, 1.807) is 6.20 Å². The van der Waals surface area contributed by atoms with Crippen LogP contribution in [0.5, 0.6) is 0 Å². The third-order valence-electron chi connectivity index (χ3n) is 1.05. The summed E-state index contributed by atoms with van der Waals surface area (Å²) in [5.74, 6) is 0. The Bertz CT molecular complexity index is 373. The first-order chi connectivity index (χ1) is 6.24. The van der Waals surface area contributed by atoms with Gasteiger partial charge in [0.2, 0.25) is 5.13 Å². The van der Waals surface area contributed by atoms with Gasteiger partial charge in [0, 0.05) is 0 Å². The first kappa shape index (κ1) is 9.20. The molecule has 2 rings (SSSR count). The van der Waals surface area contributed by atoms with Crippen LogP contribution in [-0.2, 0) is 0 Å². The highest BCUT2D eigenvalue weighted by Crippen LogP contribution is 2.34. The molecule has 2 aromatic rings. The Morgan fingerprint density at radius 2 is 2.15 bits per heavy atom. The van der Waals surface area contributed by atoms with Crippen LogP contribution < -0.4 is 5.73 Å². The van der Waals surface area contributed by atoms with Gasteiger partial charge in [0.15, 0.2) is 8.68 Å². The molecule has 0 aliphatic rings. The minimum absolute atomic E-state index is 0.463. The summed E-state index contributed by atoms with van der Waals surface area (Å²) in [7, 11) is 0. The average Bonchev–Trinajstić information content (AvgIpc) is 2.62. The Hall–Kier alpha value is -0.370. The first-order valence-corrected chi connectivity index (χ1v) is 5.95. The van der Waals surface area contributed by atoms with Crippen molar-refractivity contribution in [3.8, 4) is 0 Å². The predicted octanol–water partition coefficient (Wildman–Crippen LogP) is 2.38. The second-order valence-electron chi connectivity index (χ2n) is 1.94. The average molecular weight is 251 g/mol. The van der Waals surface area contributed by atoms with E-state index in [1.807, 2.05) is 0 Å². The standard InChI is InChI=1S/C5H3ClN4S3/c6-2-1-8-4(11-2)13-5-10-9-3(7)12-5/h1H,(H2,7,9). The summed E-state index contributed by atoms with van der Waals surface area (Å²) in [4.78, 5) is 4.07. The Labute approximate surface area is 91.2 Å². The molecular formula is C5H3ClN4S3. The van der Waals surface area contributed by atoms with Crippen molar-refractivity contribution < 1.29 is 0 Å². The lowest BCUT2D eigenvalue weighted by atomic mass is 11.0. The van der Waals surface area contributed by atoms with E-state index in [0.717, 1.165) is 8.68 Å². The Balaban J connectivity index is 2.14. The van der Waals surface area contributed by atoms with E-state index in [0.29, 0.717) is 9.47 Å². The van der Waals surface area contributed by atoms with Gasteiger partial charge >= 0.3 is 0 Å². The third kappa shape index (κ3) is 2.31. The molecule has 0 atom stereocenters. The summed E-state index contributed by atoms with van der Waals surface area (Å²) in [6.07, 6.45) is 1.61. The smallest absolute Gasteiger partial charge is 0.203 e. The number of hydrogen-bond acceptors (Lipinski definition) is 7. The predicted molar refractivity (Wildman–Crippen MR) is 55.6 cm³/mol. The van der Waals surface area contributed by atoms with Crippen LogP contribution in [0.4, 0.5) is 5.13 Å². The number of anilines is 1. The first-order valence-electron chi connectivity index (χ1n) is 3.12. The van der Waals surface area contributed by atoms with Crippen molar-refractivity contribution in [3.63, 3.8) is 0 Å². The van der Waals surface area contributed by atoms with Gasteiger partial charge in [0.1, 0.15) is 4.34 Å². The number of thiazole rings is 1. The maximum absolute atomic E-state index is 5.72. The van der Waals surface area contributed by atoms with Crippen LogP contribution in [0.25, 0.3) is 0 Å². The number of hydrogen-bond donors (Lipinski definition) is 1. The van der Waals surface area contributed by atoms with E-state index in [2.05, 4.69) is 15.2 Å². The van der Waals surface area contributed by atoms with Gasteiger partial charge in [-0.3, -0.25) is 0 Å². The monoisotopic (exact) mass is 250 g/mol. The summed E-state index contributed by atoms with van der Waals surface area (Å²) in [6.45, 7) is 0. The molecule has 13 heavy (non-hydrogen) atoms. The highest BCUT2D eigenvalue weighted by Gasteiger charge is 2.06. The van der Waals surface area contributed by atoms with Crippen LogP contribution in [0.15, 0.2) is 14.9 Å². The Morgan fingerprint density at radius 3 is 2.69 bits per heavy atom. The molecule has 0 aliphatic heterocycles. The molecule has 0 aliphatic carbocycles. The fourth-order valence-electron chi connectivity index (χ4n) is 0.623. The van der Waals surface area contributed by atoms with Crippen LogP contribution in [0.3, 0.4) is 0 Å². The van der Waals surface area contributed by atoms with Gasteiger partial charge in [-0.15, -0.1) is 10.2 Å². The van der Waals surface area contributed by atoms with Crippen molar-refractivity contribution in [2.75, 3.05) is 5.73 Å². The lowest BCUT2D eigenvalue weighted by Gasteiger charge is -1.85. The lowest BCUT2D eigenvalue weighted by molar-refractivity contribution is 1.02. The highest BCUT2D eigenvalue weighted by molar-refractivity contribution is 8.02. The van der Waals surface area contributed by atoms with Gasteiger partial charge in [0.25, 0.3) is 0 Å². The van der Waals surface area contributed by atoms with Crippen molar-refractivity contribution in [2.24, 2.45) is 0 Å². The number of aromatic nitrogens is 3. The van der Waals surface area contributed by atoms with Crippen LogP contribution >= 0.6 is 46.0 Å². The normalized spacial score (nSPS) is 10.5. The molecular weight excluding hydrogens is 248 g/mol. The van der Waals surface area contributed by atoms with Gasteiger partial charge in [-0.2, -0.15) is 0 Å². The molecule has 0 bridgehead atoms. The molecule has 0 fully saturated rings. The summed E-state index contributed by atoms with van der Waals surface area (Å²) >= 11 is 9.88. The van der Waals surface area contributed by atoms with Gasteiger partial charge in [-0.1, -0.05) is 34.3 Å². The van der Waals surface area contributed by atoms with Gasteiger partial charge in [-0.25, -0.2) is 4.98 Å². The molecule has 0 saturated carbocycles. The Kier molecular flexibility index (Phi) is 2.68. The summed E-state index contributed by atoms with van der Waals surface area (Å²) in [6, 6.07) is 0. The van der Waals surface area contributed by atoms with Crippen LogP contribution in [0.2, 0.25) is 4.34 Å². The summed E-state index contributed by atoms with van der Waals surface area (Å²) in [5.41, 5.74) is 5.43. The number of halogens is 1. The molecule has 68 valence electrons. The van der Waals surface area contributed by atoms with Crippen molar-refractivity contribution in [3.05, 3.63) is 10.5 Å². The van der Waals surface area contributed by atoms with Gasteiger partial charge in [0.05, 0.1) is 6.20 Å². The zero-order valence-corrected chi connectivity index (χ0v) is 9.30. The minimum Gasteiger partial charge on any atom is -0.374 e. The van der Waals surface area contributed by atoms with Crippen LogP contribution in [0.1, 0.15) is 0 Å². The van der Waals surface area contributed by atoms with Gasteiger partial charge < -0.3 is 5.73 Å². The van der Waals surface area contributed by atoms with Crippen molar-refractivity contribution in [1.82, 2.24) is 15.2 Å². The van der Waals surface area contributed by atoms with Crippen molar-refractivity contribution >= 4 is 51.2 Å². The second kappa shape index (κ2) is 3.79. The number of nitrogen functional groups attached to an aromatic ring is 1. The molecule has 8 heteroatoms. The number of rotatable bonds is 2. The van der Waals surface area contributed by atoms with Crippen LogP contribution in [0, 0.1) is 0 Å². The summed E-state index contributed by atoms with van der Waals surface area (Å²) < 4.78 is 2.30. The van der Waals surface area contributed by atoms with Gasteiger partial charge in [-0.05, 0) is 11.8 Å². The summed E-state index contributed by atoms with van der Waals surface area (Å²) in [5, 5.41) is 8.00. The molecule has 0 unspecified atom stereocenters. The SMILES string of the molecule is Nc1nnc(Sc2ncc(Cl)s2)s1. The molecule has 2 aromatic heterocycles. The van der Waals surface area contributed by atoms with E-state index >= 15 is 0 Å². The minimum atomic E-state index is 0.463. The van der Waals surface area contributed by atoms with Crippen LogP contribution in [-0.4, -0.2) is 15.2 Å². The molecule has 0 aromatic carbocycles. The quantitative estimate of drug-likeness (QED) is 0.887. The third-order valence-corrected chi connectivity index (χ3v) is 4.05. The van der Waals surface area contributed by atoms with E-state index in [-0.39, 0.29) is 0 Å². The molecule has 0 saturated heterocycles. The largest absolute Gasteiger partial charge is 0.374 e. The Morgan fingerprint density at radius 1 is 1.31 bits per heavy atom. The molecule has 2 N–H and O–H groups in total. The van der Waals surface area contributed by atoms with Crippen molar-refractivity contribution in [1.29, 1.82) is 0 Å². The fraction of sp³-hybridized carbons (Fsp3) is 0. The molecule has 0 radical (unpaired) electrons. The van der Waals surface area contributed by atoms with E-state index in [1.165, 1.54) is 34.4 Å². The topological polar surface area (TPSA) is 64.7 Å². The molecule has 2 heterocycles. The maximum atomic E-state index is 5.72. The molecule has 4 nitrogen and oxygen atoms in total. The fourth-order valence-corrected chi connectivity index (χ4v) is 3.58. The maximum Gasteiger partial charge on any atom is 0.203 e. The molecule has 0 amide bonds. The number of nitrogens with zero attached hydrogens (tertiary/aromatic N) is 3. The zero-order chi connectivity index (χ0) is 9.26. The lowest BCUT2D eigenvalue weighted by Crippen LogP contribution is -1.79. The van der Waals surface area contributed by atoms with E-state index < -0.39 is 0 Å². The van der Waals surface area contributed by atoms with Crippen molar-refractivity contribution in [2.45, 2.75) is 8.68 Å².